The van der Waals surface area contributed by atoms with Crippen LogP contribution >= 0.6 is 11.6 Å². The first-order chi connectivity index (χ1) is 13.2. The summed E-state index contributed by atoms with van der Waals surface area (Å²) in [4.78, 5) is 17.8. The van der Waals surface area contributed by atoms with Crippen LogP contribution in [-0.4, -0.2) is 32.6 Å². The highest BCUT2D eigenvalue weighted by molar-refractivity contribution is 6.29. The zero-order chi connectivity index (χ0) is 20.5. The Hall–Kier alpha value is -2.87. The quantitative estimate of drug-likeness (QED) is 0.596. The van der Waals surface area contributed by atoms with Crippen LogP contribution in [0.4, 0.5) is 13.2 Å². The lowest BCUT2D eigenvalue weighted by Gasteiger charge is -2.18. The maximum absolute atomic E-state index is 13.7. The van der Waals surface area contributed by atoms with Crippen LogP contribution in [0.2, 0.25) is 5.15 Å². The fraction of sp³-hybridized carbons (Fsp3) is 0.211. The number of hydrogen-bond acceptors (Lipinski definition) is 3. The van der Waals surface area contributed by atoms with Crippen molar-refractivity contribution in [1.29, 1.82) is 0 Å². The zero-order valence-electron chi connectivity index (χ0n) is 15.0. The molecule has 0 N–H and O–H groups in total. The van der Waals surface area contributed by atoms with Gasteiger partial charge < -0.3 is 4.90 Å². The Morgan fingerprint density at radius 2 is 1.82 bits per heavy atom. The number of hydrogen-bond donors (Lipinski definition) is 0. The Morgan fingerprint density at radius 3 is 2.39 bits per heavy atom. The molecule has 0 aliphatic carbocycles. The van der Waals surface area contributed by atoms with Crippen LogP contribution in [-0.2, 0) is 12.7 Å². The zero-order valence-corrected chi connectivity index (χ0v) is 15.8. The van der Waals surface area contributed by atoms with Crippen LogP contribution in [0.3, 0.4) is 0 Å². The van der Waals surface area contributed by atoms with Gasteiger partial charge in [-0.05, 0) is 30.7 Å². The molecule has 0 atom stereocenters. The largest absolute Gasteiger partial charge is 0.434 e. The third kappa shape index (κ3) is 4.17. The molecule has 2 heterocycles. The van der Waals surface area contributed by atoms with Gasteiger partial charge in [-0.2, -0.15) is 18.3 Å². The van der Waals surface area contributed by atoms with Crippen LogP contribution in [0.5, 0.6) is 0 Å². The number of amides is 1. The van der Waals surface area contributed by atoms with Crippen molar-refractivity contribution in [1.82, 2.24) is 19.7 Å². The predicted molar refractivity (Wildman–Crippen MR) is 98.3 cm³/mol. The molecule has 0 fully saturated rings. The van der Waals surface area contributed by atoms with Crippen molar-refractivity contribution in [3.8, 4) is 5.69 Å². The van der Waals surface area contributed by atoms with E-state index in [1.165, 1.54) is 30.3 Å². The first kappa shape index (κ1) is 19.9. The van der Waals surface area contributed by atoms with E-state index >= 15 is 0 Å². The minimum Gasteiger partial charge on any atom is -0.337 e. The monoisotopic (exact) mass is 408 g/mol. The Balaban J connectivity index is 1.95. The summed E-state index contributed by atoms with van der Waals surface area (Å²) in [6.45, 7) is 1.91. The van der Waals surface area contributed by atoms with Crippen molar-refractivity contribution >= 4 is 17.5 Å². The van der Waals surface area contributed by atoms with Gasteiger partial charge in [-0.25, -0.2) is 9.67 Å². The van der Waals surface area contributed by atoms with Crippen LogP contribution in [0.15, 0.2) is 48.8 Å². The normalized spacial score (nSPS) is 11.5. The molecule has 0 radical (unpaired) electrons. The van der Waals surface area contributed by atoms with Crippen molar-refractivity contribution in [2.24, 2.45) is 0 Å². The Labute approximate surface area is 164 Å². The lowest BCUT2D eigenvalue weighted by molar-refractivity contribution is -0.143. The molecule has 3 rings (SSSR count). The molecule has 0 spiro atoms. The van der Waals surface area contributed by atoms with E-state index in [0.717, 1.165) is 16.4 Å². The van der Waals surface area contributed by atoms with Crippen molar-refractivity contribution in [2.45, 2.75) is 19.6 Å². The molecule has 5 nitrogen and oxygen atoms in total. The molecule has 2 aromatic heterocycles. The molecule has 28 heavy (non-hydrogen) atoms. The smallest absolute Gasteiger partial charge is 0.337 e. The molecule has 1 amide bonds. The number of aryl methyl sites for hydroxylation is 1. The molecule has 0 saturated heterocycles. The number of benzene rings is 1. The molecule has 146 valence electrons. The van der Waals surface area contributed by atoms with Gasteiger partial charge in [-0.15, -0.1) is 0 Å². The van der Waals surface area contributed by atoms with E-state index in [2.05, 4.69) is 10.1 Å². The molecule has 0 saturated carbocycles. The summed E-state index contributed by atoms with van der Waals surface area (Å²) in [5.41, 5.74) is 0.137. The summed E-state index contributed by atoms with van der Waals surface area (Å²) in [5.74, 6) is -0.791. The SMILES string of the molecule is Cc1ccc(-n2ncc(C(=O)N(C)Cc3ccc(Cl)nc3)c2C(F)(F)F)cc1. The van der Waals surface area contributed by atoms with E-state index in [0.29, 0.717) is 5.56 Å². The molecular weight excluding hydrogens is 393 g/mol. The van der Waals surface area contributed by atoms with Gasteiger partial charge in [0.2, 0.25) is 0 Å². The molecular formula is C19H16ClF3N4O. The molecule has 9 heteroatoms. The molecule has 1 aromatic carbocycles. The second-order valence-electron chi connectivity index (χ2n) is 6.30. The van der Waals surface area contributed by atoms with Gasteiger partial charge in [0.05, 0.1) is 17.4 Å². The summed E-state index contributed by atoms with van der Waals surface area (Å²) in [6.07, 6.45) is -2.34. The summed E-state index contributed by atoms with van der Waals surface area (Å²) >= 11 is 5.72. The van der Waals surface area contributed by atoms with Gasteiger partial charge in [0, 0.05) is 19.8 Å². The van der Waals surface area contributed by atoms with E-state index in [1.807, 2.05) is 6.92 Å². The van der Waals surface area contributed by atoms with Gasteiger partial charge in [0.15, 0.2) is 5.69 Å². The van der Waals surface area contributed by atoms with E-state index in [-0.39, 0.29) is 17.4 Å². The highest BCUT2D eigenvalue weighted by Gasteiger charge is 2.41. The van der Waals surface area contributed by atoms with Crippen LogP contribution in [0.25, 0.3) is 5.69 Å². The van der Waals surface area contributed by atoms with Gasteiger partial charge in [-0.3, -0.25) is 4.79 Å². The summed E-state index contributed by atoms with van der Waals surface area (Å²) in [6, 6.07) is 9.60. The third-order valence-electron chi connectivity index (χ3n) is 4.10. The fourth-order valence-corrected chi connectivity index (χ4v) is 2.82. The number of halogens is 4. The molecule has 0 unspecified atom stereocenters. The Kier molecular flexibility index (Phi) is 5.42. The second kappa shape index (κ2) is 7.63. The van der Waals surface area contributed by atoms with Crippen molar-refractivity contribution in [3.63, 3.8) is 0 Å². The maximum Gasteiger partial charge on any atom is 0.434 e. The Bertz CT molecular complexity index is 982. The van der Waals surface area contributed by atoms with E-state index in [1.54, 1.807) is 24.3 Å². The summed E-state index contributed by atoms with van der Waals surface area (Å²) in [5, 5.41) is 4.11. The number of carbonyl (C=O) groups is 1. The van der Waals surface area contributed by atoms with E-state index in [9.17, 15) is 18.0 Å². The Morgan fingerprint density at radius 1 is 1.14 bits per heavy atom. The van der Waals surface area contributed by atoms with Gasteiger partial charge in [-0.1, -0.05) is 35.4 Å². The maximum atomic E-state index is 13.7. The average molecular weight is 409 g/mol. The highest BCUT2D eigenvalue weighted by Crippen LogP contribution is 2.34. The lowest BCUT2D eigenvalue weighted by Crippen LogP contribution is -2.28. The fourth-order valence-electron chi connectivity index (χ4n) is 2.71. The van der Waals surface area contributed by atoms with Crippen LogP contribution < -0.4 is 0 Å². The predicted octanol–water partition coefficient (Wildman–Crippen LogP) is 4.52. The van der Waals surface area contributed by atoms with E-state index < -0.39 is 23.3 Å². The van der Waals surface area contributed by atoms with Crippen LogP contribution in [0.1, 0.15) is 27.2 Å². The van der Waals surface area contributed by atoms with Crippen LogP contribution in [0, 0.1) is 6.92 Å². The number of nitrogens with zero attached hydrogens (tertiary/aromatic N) is 4. The number of aromatic nitrogens is 3. The topological polar surface area (TPSA) is 51.0 Å². The minimum atomic E-state index is -4.75. The summed E-state index contributed by atoms with van der Waals surface area (Å²) in [7, 11) is 1.42. The number of pyridine rings is 1. The average Bonchev–Trinajstić information content (AvgIpc) is 3.09. The second-order valence-corrected chi connectivity index (χ2v) is 6.69. The van der Waals surface area contributed by atoms with E-state index in [4.69, 9.17) is 11.6 Å². The first-order valence-corrected chi connectivity index (χ1v) is 8.63. The third-order valence-corrected chi connectivity index (χ3v) is 4.33. The first-order valence-electron chi connectivity index (χ1n) is 8.25. The van der Waals surface area contributed by atoms with Crippen molar-refractivity contribution in [3.05, 3.63) is 76.3 Å². The van der Waals surface area contributed by atoms with Crippen molar-refractivity contribution in [2.75, 3.05) is 7.05 Å². The number of carbonyl (C=O) groups excluding carboxylic acids is 1. The molecule has 3 aromatic rings. The number of alkyl halides is 3. The summed E-state index contributed by atoms with van der Waals surface area (Å²) < 4.78 is 42.0. The number of rotatable bonds is 4. The molecule has 0 aliphatic heterocycles. The van der Waals surface area contributed by atoms with Gasteiger partial charge in [0.1, 0.15) is 5.15 Å². The lowest BCUT2D eigenvalue weighted by atomic mass is 10.2. The van der Waals surface area contributed by atoms with Crippen molar-refractivity contribution < 1.29 is 18.0 Å². The minimum absolute atomic E-state index is 0.0794. The van der Waals surface area contributed by atoms with Gasteiger partial charge >= 0.3 is 6.18 Å². The molecule has 0 bridgehead atoms. The van der Waals surface area contributed by atoms with Gasteiger partial charge in [0.25, 0.3) is 5.91 Å². The molecule has 0 aliphatic rings. The standard InChI is InChI=1S/C19H16ClF3N4O/c1-12-3-6-14(7-4-12)27-17(19(21,22)23)15(10-25-27)18(28)26(2)11-13-5-8-16(20)24-9-13/h3-10H,11H2,1-2H3. The highest BCUT2D eigenvalue weighted by atomic mass is 35.5.